The van der Waals surface area contributed by atoms with E-state index in [1.54, 1.807) is 0 Å². The quantitative estimate of drug-likeness (QED) is 0.576. The van der Waals surface area contributed by atoms with Crippen LogP contribution in [0.1, 0.15) is 39.5 Å². The Morgan fingerprint density at radius 1 is 1.36 bits per heavy atom. The SMILES string of the molecule is CCCCCC(C)OCCN. The molecule has 2 N–H and O–H groups in total. The minimum atomic E-state index is 0.394. The molecule has 0 spiro atoms. The van der Waals surface area contributed by atoms with Gasteiger partial charge in [-0.3, -0.25) is 0 Å². The maximum atomic E-state index is 5.41. The van der Waals surface area contributed by atoms with Crippen LogP contribution in [0.25, 0.3) is 0 Å². The molecule has 0 bridgehead atoms. The second-order valence-electron chi connectivity index (χ2n) is 2.97. The van der Waals surface area contributed by atoms with E-state index >= 15 is 0 Å². The van der Waals surface area contributed by atoms with Crippen molar-refractivity contribution < 1.29 is 4.74 Å². The first-order valence-corrected chi connectivity index (χ1v) is 4.63. The van der Waals surface area contributed by atoms with Crippen LogP contribution in [0.2, 0.25) is 0 Å². The van der Waals surface area contributed by atoms with E-state index in [0.717, 1.165) is 0 Å². The van der Waals surface area contributed by atoms with Crippen molar-refractivity contribution in [3.63, 3.8) is 0 Å². The number of ether oxygens (including phenoxy) is 1. The van der Waals surface area contributed by atoms with Gasteiger partial charge in [0.05, 0.1) is 12.7 Å². The van der Waals surface area contributed by atoms with Gasteiger partial charge in [0.15, 0.2) is 0 Å². The molecule has 0 saturated carbocycles. The van der Waals surface area contributed by atoms with Gasteiger partial charge in [0, 0.05) is 6.54 Å². The number of hydrogen-bond donors (Lipinski definition) is 1. The lowest BCUT2D eigenvalue weighted by molar-refractivity contribution is 0.0642. The molecule has 68 valence electrons. The number of rotatable bonds is 7. The van der Waals surface area contributed by atoms with Crippen LogP contribution in [-0.4, -0.2) is 19.3 Å². The first-order chi connectivity index (χ1) is 5.31. The van der Waals surface area contributed by atoms with Crippen molar-refractivity contribution in [2.45, 2.75) is 45.6 Å². The van der Waals surface area contributed by atoms with E-state index in [1.165, 1.54) is 25.7 Å². The van der Waals surface area contributed by atoms with E-state index in [4.69, 9.17) is 10.5 Å². The predicted octanol–water partition coefficient (Wildman–Crippen LogP) is 1.93. The highest BCUT2D eigenvalue weighted by Gasteiger charge is 1.99. The van der Waals surface area contributed by atoms with Crippen molar-refractivity contribution in [2.75, 3.05) is 13.2 Å². The second kappa shape index (κ2) is 8.02. The maximum absolute atomic E-state index is 5.41. The van der Waals surface area contributed by atoms with Gasteiger partial charge in [-0.15, -0.1) is 0 Å². The van der Waals surface area contributed by atoms with Crippen LogP contribution in [0.3, 0.4) is 0 Å². The van der Waals surface area contributed by atoms with Crippen molar-refractivity contribution in [1.29, 1.82) is 0 Å². The molecule has 11 heavy (non-hydrogen) atoms. The van der Waals surface area contributed by atoms with E-state index in [-0.39, 0.29) is 0 Å². The Hall–Kier alpha value is -0.0800. The van der Waals surface area contributed by atoms with E-state index in [2.05, 4.69) is 13.8 Å². The Morgan fingerprint density at radius 3 is 2.64 bits per heavy atom. The third-order valence-corrected chi connectivity index (χ3v) is 1.73. The predicted molar refractivity (Wildman–Crippen MR) is 48.6 cm³/mol. The molecule has 0 amide bonds. The molecule has 1 atom stereocenters. The van der Waals surface area contributed by atoms with Crippen LogP contribution in [0.5, 0.6) is 0 Å². The molecule has 0 aliphatic carbocycles. The molecule has 2 heteroatoms. The Balaban J connectivity index is 3.02. The molecule has 0 saturated heterocycles. The average molecular weight is 159 g/mol. The zero-order valence-electron chi connectivity index (χ0n) is 7.81. The monoisotopic (exact) mass is 159 g/mol. The normalized spacial score (nSPS) is 13.4. The van der Waals surface area contributed by atoms with Gasteiger partial charge in [-0.05, 0) is 13.3 Å². The first kappa shape index (κ1) is 10.9. The van der Waals surface area contributed by atoms with Gasteiger partial charge >= 0.3 is 0 Å². The minimum absolute atomic E-state index is 0.394. The number of hydrogen-bond acceptors (Lipinski definition) is 2. The summed E-state index contributed by atoms with van der Waals surface area (Å²) in [6.45, 7) is 5.67. The third-order valence-electron chi connectivity index (χ3n) is 1.73. The Kier molecular flexibility index (Phi) is 7.96. The lowest BCUT2D eigenvalue weighted by atomic mass is 10.1. The largest absolute Gasteiger partial charge is 0.377 e. The zero-order valence-corrected chi connectivity index (χ0v) is 7.81. The van der Waals surface area contributed by atoms with E-state index in [0.29, 0.717) is 19.3 Å². The van der Waals surface area contributed by atoms with Crippen LogP contribution in [0.15, 0.2) is 0 Å². The maximum Gasteiger partial charge on any atom is 0.0592 e. The minimum Gasteiger partial charge on any atom is -0.377 e. The Labute approximate surface area is 70.1 Å². The van der Waals surface area contributed by atoms with Crippen molar-refractivity contribution >= 4 is 0 Å². The summed E-state index contributed by atoms with van der Waals surface area (Å²) in [5.74, 6) is 0. The van der Waals surface area contributed by atoms with Crippen molar-refractivity contribution in [3.05, 3.63) is 0 Å². The van der Waals surface area contributed by atoms with Gasteiger partial charge in [-0.25, -0.2) is 0 Å². The summed E-state index contributed by atoms with van der Waals surface area (Å²) >= 11 is 0. The molecule has 1 unspecified atom stereocenters. The van der Waals surface area contributed by atoms with E-state index < -0.39 is 0 Å². The lowest BCUT2D eigenvalue weighted by Gasteiger charge is -2.11. The molecule has 0 aromatic rings. The molecule has 0 aliphatic heterocycles. The van der Waals surface area contributed by atoms with Gasteiger partial charge in [-0.2, -0.15) is 0 Å². The van der Waals surface area contributed by atoms with Crippen LogP contribution >= 0.6 is 0 Å². The number of unbranched alkanes of at least 4 members (excludes halogenated alkanes) is 2. The van der Waals surface area contributed by atoms with E-state index in [9.17, 15) is 0 Å². The summed E-state index contributed by atoms with van der Waals surface area (Å²) in [5, 5.41) is 0. The average Bonchev–Trinajstić information content (AvgIpc) is 2.01. The second-order valence-corrected chi connectivity index (χ2v) is 2.97. The summed E-state index contributed by atoms with van der Waals surface area (Å²) in [5.41, 5.74) is 5.31. The van der Waals surface area contributed by atoms with E-state index in [1.807, 2.05) is 0 Å². The molecule has 2 nitrogen and oxygen atoms in total. The lowest BCUT2D eigenvalue weighted by Crippen LogP contribution is -2.15. The third kappa shape index (κ3) is 7.82. The van der Waals surface area contributed by atoms with Crippen LogP contribution < -0.4 is 5.73 Å². The van der Waals surface area contributed by atoms with Crippen molar-refractivity contribution in [3.8, 4) is 0 Å². The summed E-state index contributed by atoms with van der Waals surface area (Å²) in [7, 11) is 0. The van der Waals surface area contributed by atoms with Crippen LogP contribution in [0, 0.1) is 0 Å². The molecule has 0 aromatic heterocycles. The highest BCUT2D eigenvalue weighted by atomic mass is 16.5. The summed E-state index contributed by atoms with van der Waals surface area (Å²) < 4.78 is 5.41. The highest BCUT2D eigenvalue weighted by molar-refractivity contribution is 4.50. The Morgan fingerprint density at radius 2 is 2.09 bits per heavy atom. The summed E-state index contributed by atoms with van der Waals surface area (Å²) in [6, 6.07) is 0. The summed E-state index contributed by atoms with van der Waals surface area (Å²) in [4.78, 5) is 0. The standard InChI is InChI=1S/C9H21NO/c1-3-4-5-6-9(2)11-8-7-10/h9H,3-8,10H2,1-2H3. The Bertz CT molecular complexity index is 76.0. The smallest absolute Gasteiger partial charge is 0.0592 e. The molecular weight excluding hydrogens is 138 g/mol. The molecule has 0 heterocycles. The first-order valence-electron chi connectivity index (χ1n) is 4.63. The highest BCUT2D eigenvalue weighted by Crippen LogP contribution is 2.05. The molecule has 0 aliphatic rings. The molecule has 0 radical (unpaired) electrons. The topological polar surface area (TPSA) is 35.2 Å². The van der Waals surface area contributed by atoms with Crippen molar-refractivity contribution in [1.82, 2.24) is 0 Å². The van der Waals surface area contributed by atoms with Gasteiger partial charge in [0.1, 0.15) is 0 Å². The molecule has 0 rings (SSSR count). The van der Waals surface area contributed by atoms with Crippen LogP contribution in [-0.2, 0) is 4.74 Å². The van der Waals surface area contributed by atoms with Crippen molar-refractivity contribution in [2.24, 2.45) is 5.73 Å². The summed E-state index contributed by atoms with van der Waals surface area (Å²) in [6.07, 6.45) is 5.45. The molecule has 0 fully saturated rings. The fourth-order valence-corrected chi connectivity index (χ4v) is 1.03. The molecule has 0 aromatic carbocycles. The van der Waals surface area contributed by atoms with Gasteiger partial charge in [-0.1, -0.05) is 26.2 Å². The fraction of sp³-hybridized carbons (Fsp3) is 1.00. The number of nitrogens with two attached hydrogens (primary N) is 1. The van der Waals surface area contributed by atoms with Gasteiger partial charge in [0.2, 0.25) is 0 Å². The fourth-order valence-electron chi connectivity index (χ4n) is 1.03. The zero-order chi connectivity index (χ0) is 8.53. The van der Waals surface area contributed by atoms with Gasteiger partial charge < -0.3 is 10.5 Å². The van der Waals surface area contributed by atoms with Crippen LogP contribution in [0.4, 0.5) is 0 Å². The van der Waals surface area contributed by atoms with Gasteiger partial charge in [0.25, 0.3) is 0 Å². The molecular formula is C9H21NO.